The van der Waals surface area contributed by atoms with Gasteiger partial charge in [-0.15, -0.1) is 0 Å². The number of piperidine rings is 1. The molecule has 1 unspecified atom stereocenters. The first kappa shape index (κ1) is 17.0. The first-order chi connectivity index (χ1) is 11.0. The second-order valence-electron chi connectivity index (χ2n) is 7.93. The van der Waals surface area contributed by atoms with Crippen LogP contribution in [0.25, 0.3) is 0 Å². The number of likely N-dealkylation sites (tertiary alicyclic amines) is 2. The summed E-state index contributed by atoms with van der Waals surface area (Å²) < 4.78 is 0. The van der Waals surface area contributed by atoms with Crippen LogP contribution < -0.4 is 11.1 Å². The molecule has 0 spiro atoms. The summed E-state index contributed by atoms with van der Waals surface area (Å²) in [6, 6.07) is 1.38. The van der Waals surface area contributed by atoms with Crippen molar-refractivity contribution >= 4 is 6.09 Å². The Morgan fingerprint density at radius 1 is 1.17 bits per heavy atom. The number of carboxylic acid groups (broad SMARTS) is 1. The van der Waals surface area contributed by atoms with Crippen molar-refractivity contribution in [3.8, 4) is 0 Å². The summed E-state index contributed by atoms with van der Waals surface area (Å²) in [6.07, 6.45) is 7.40. The molecule has 0 aromatic carbocycles. The normalized spacial score (nSPS) is 37.2. The Labute approximate surface area is 139 Å². The summed E-state index contributed by atoms with van der Waals surface area (Å²) in [5.41, 5.74) is 6.27. The topological polar surface area (TPSA) is 81.8 Å². The highest BCUT2D eigenvalue weighted by molar-refractivity contribution is 5.65. The van der Waals surface area contributed by atoms with Crippen molar-refractivity contribution in [2.45, 2.75) is 75.5 Å². The van der Waals surface area contributed by atoms with Crippen LogP contribution >= 0.6 is 0 Å². The fourth-order valence-electron chi connectivity index (χ4n) is 4.62. The minimum absolute atomic E-state index is 0.0185. The number of nitrogens with two attached hydrogens (primary N) is 1. The zero-order valence-electron chi connectivity index (χ0n) is 14.3. The number of hydrogen-bond acceptors (Lipinski definition) is 4. The van der Waals surface area contributed by atoms with Crippen molar-refractivity contribution in [2.24, 2.45) is 5.73 Å². The highest BCUT2D eigenvalue weighted by Crippen LogP contribution is 2.30. The summed E-state index contributed by atoms with van der Waals surface area (Å²) >= 11 is 0. The van der Waals surface area contributed by atoms with E-state index < -0.39 is 6.09 Å². The molecule has 132 valence electrons. The van der Waals surface area contributed by atoms with Crippen LogP contribution in [-0.2, 0) is 0 Å². The molecule has 3 aliphatic rings. The molecule has 4 N–H and O–H groups in total. The van der Waals surface area contributed by atoms with E-state index >= 15 is 0 Å². The maximum absolute atomic E-state index is 11.2. The van der Waals surface area contributed by atoms with Crippen molar-refractivity contribution in [3.05, 3.63) is 0 Å². The average Bonchev–Trinajstić information content (AvgIpc) is 2.94. The molecular weight excluding hydrogens is 292 g/mol. The van der Waals surface area contributed by atoms with Gasteiger partial charge in [0.25, 0.3) is 0 Å². The molecule has 3 atom stereocenters. The van der Waals surface area contributed by atoms with Gasteiger partial charge in [0.2, 0.25) is 0 Å². The fraction of sp³-hybridized carbons (Fsp3) is 0.941. The Hall–Kier alpha value is -0.850. The third kappa shape index (κ3) is 3.80. The second-order valence-corrected chi connectivity index (χ2v) is 7.93. The summed E-state index contributed by atoms with van der Waals surface area (Å²) in [5.74, 6) is 0. The third-order valence-electron chi connectivity index (χ3n) is 6.25. The van der Waals surface area contributed by atoms with Crippen molar-refractivity contribution in [1.82, 2.24) is 15.1 Å². The van der Waals surface area contributed by atoms with Crippen LogP contribution in [0, 0.1) is 0 Å². The lowest BCUT2D eigenvalue weighted by Crippen LogP contribution is -2.57. The van der Waals surface area contributed by atoms with Gasteiger partial charge in [0.1, 0.15) is 0 Å². The van der Waals surface area contributed by atoms with Gasteiger partial charge in [-0.2, -0.15) is 0 Å². The number of nitrogens with one attached hydrogen (secondary N) is 1. The van der Waals surface area contributed by atoms with Gasteiger partial charge < -0.3 is 21.1 Å². The van der Waals surface area contributed by atoms with E-state index in [0.717, 1.165) is 38.8 Å². The Morgan fingerprint density at radius 2 is 1.87 bits per heavy atom. The van der Waals surface area contributed by atoms with Gasteiger partial charge in [-0.25, -0.2) is 4.79 Å². The zero-order chi connectivity index (χ0) is 16.4. The Kier molecular flexibility index (Phi) is 5.13. The molecule has 1 amide bonds. The van der Waals surface area contributed by atoms with Gasteiger partial charge >= 0.3 is 6.09 Å². The molecule has 0 aromatic heterocycles. The molecule has 0 radical (unpaired) electrons. The smallest absolute Gasteiger partial charge is 0.407 e. The van der Waals surface area contributed by atoms with E-state index in [2.05, 4.69) is 17.1 Å². The van der Waals surface area contributed by atoms with E-state index in [1.807, 2.05) is 0 Å². The average molecular weight is 324 g/mol. The number of carbonyl (C=O) groups is 1. The van der Waals surface area contributed by atoms with Gasteiger partial charge in [-0.05, 0) is 39.0 Å². The minimum atomic E-state index is -0.781. The van der Waals surface area contributed by atoms with Crippen molar-refractivity contribution < 1.29 is 9.90 Å². The lowest BCUT2D eigenvalue weighted by molar-refractivity contribution is 0.0696. The van der Waals surface area contributed by atoms with E-state index in [-0.39, 0.29) is 5.54 Å². The van der Waals surface area contributed by atoms with E-state index in [4.69, 9.17) is 5.73 Å². The largest absolute Gasteiger partial charge is 0.465 e. The highest BCUT2D eigenvalue weighted by Gasteiger charge is 2.42. The number of nitrogens with zero attached hydrogens (tertiary/aromatic N) is 2. The van der Waals surface area contributed by atoms with Crippen molar-refractivity contribution in [2.75, 3.05) is 26.2 Å². The molecule has 6 heteroatoms. The van der Waals surface area contributed by atoms with Crippen LogP contribution in [-0.4, -0.2) is 70.8 Å². The Balaban J connectivity index is 1.48. The lowest BCUT2D eigenvalue weighted by atomic mass is 9.89. The quantitative estimate of drug-likeness (QED) is 0.732. The molecule has 6 nitrogen and oxygen atoms in total. The van der Waals surface area contributed by atoms with Gasteiger partial charge in [-0.3, -0.25) is 4.90 Å². The number of rotatable bonds is 3. The summed E-state index contributed by atoms with van der Waals surface area (Å²) in [6.45, 7) is 5.66. The molecule has 0 aromatic rings. The lowest BCUT2D eigenvalue weighted by Gasteiger charge is -2.44. The van der Waals surface area contributed by atoms with E-state index in [1.165, 1.54) is 19.3 Å². The van der Waals surface area contributed by atoms with E-state index in [9.17, 15) is 9.90 Å². The molecule has 23 heavy (non-hydrogen) atoms. The number of hydrogen-bond donors (Lipinski definition) is 3. The summed E-state index contributed by atoms with van der Waals surface area (Å²) in [7, 11) is 0. The van der Waals surface area contributed by atoms with Crippen LogP contribution in [0.4, 0.5) is 4.79 Å². The van der Waals surface area contributed by atoms with Crippen LogP contribution in [0.15, 0.2) is 0 Å². The monoisotopic (exact) mass is 324 g/mol. The van der Waals surface area contributed by atoms with Crippen molar-refractivity contribution in [3.63, 3.8) is 0 Å². The molecule has 2 heterocycles. The van der Waals surface area contributed by atoms with E-state index in [1.54, 1.807) is 4.90 Å². The van der Waals surface area contributed by atoms with Crippen molar-refractivity contribution in [1.29, 1.82) is 0 Å². The highest BCUT2D eigenvalue weighted by atomic mass is 16.4. The first-order valence-electron chi connectivity index (χ1n) is 9.22. The minimum Gasteiger partial charge on any atom is -0.465 e. The molecule has 3 rings (SSSR count). The Morgan fingerprint density at radius 3 is 2.48 bits per heavy atom. The molecule has 2 aliphatic heterocycles. The second kappa shape index (κ2) is 6.95. The van der Waals surface area contributed by atoms with Crippen LogP contribution in [0.1, 0.15) is 51.9 Å². The van der Waals surface area contributed by atoms with Gasteiger partial charge in [0.15, 0.2) is 0 Å². The third-order valence-corrected chi connectivity index (χ3v) is 6.25. The molecule has 2 saturated heterocycles. The van der Waals surface area contributed by atoms with Gasteiger partial charge in [-0.1, -0.05) is 12.8 Å². The number of amides is 1. The predicted octanol–water partition coefficient (Wildman–Crippen LogP) is 1.45. The molecular formula is C17H32N4O2. The molecule has 3 fully saturated rings. The first-order valence-corrected chi connectivity index (χ1v) is 9.22. The summed E-state index contributed by atoms with van der Waals surface area (Å²) in [4.78, 5) is 15.2. The molecule has 1 saturated carbocycles. The Bertz CT molecular complexity index is 425. The van der Waals surface area contributed by atoms with Crippen LogP contribution in [0.2, 0.25) is 0 Å². The van der Waals surface area contributed by atoms with Gasteiger partial charge in [0, 0.05) is 49.8 Å². The SMILES string of the molecule is CC1(N2CCC(N[C@H]3CCCC[C@@H]3N)CC2)CCN(C(=O)O)C1. The fourth-order valence-corrected chi connectivity index (χ4v) is 4.62. The van der Waals surface area contributed by atoms with Crippen LogP contribution in [0.3, 0.4) is 0 Å². The summed E-state index contributed by atoms with van der Waals surface area (Å²) in [5, 5.41) is 13.0. The predicted molar refractivity (Wildman–Crippen MR) is 90.6 cm³/mol. The van der Waals surface area contributed by atoms with Gasteiger partial charge in [0.05, 0.1) is 0 Å². The molecule has 0 bridgehead atoms. The maximum Gasteiger partial charge on any atom is 0.407 e. The molecule has 1 aliphatic carbocycles. The standard InChI is InChI=1S/C17H32N4O2/c1-17(8-11-20(12-17)16(22)23)21-9-6-13(7-10-21)19-15-5-3-2-4-14(15)18/h13-15,19H,2-12,18H2,1H3,(H,22,23)/t14-,15-,17?/m0/s1. The maximum atomic E-state index is 11.2. The van der Waals surface area contributed by atoms with E-state index in [0.29, 0.717) is 31.2 Å². The zero-order valence-corrected chi connectivity index (χ0v) is 14.3. The van der Waals surface area contributed by atoms with Crippen LogP contribution in [0.5, 0.6) is 0 Å².